The third-order valence-corrected chi connectivity index (χ3v) is 0. The van der Waals surface area contributed by atoms with Crippen LogP contribution in [0.3, 0.4) is 0 Å². The van der Waals surface area contributed by atoms with Crippen molar-refractivity contribution in [2.45, 2.75) is 0 Å². The lowest BCUT2D eigenvalue weighted by atomic mass is 10.3. The normalized spacial score (nSPS) is 5.33. The summed E-state index contributed by atoms with van der Waals surface area (Å²) < 4.78 is 0. The van der Waals surface area contributed by atoms with Gasteiger partial charge in [-0.15, -0.1) is 0 Å². The number of hydrogen-bond donors (Lipinski definition) is 4. The van der Waals surface area contributed by atoms with Crippen LogP contribution in [0.2, 0.25) is 0 Å². The van der Waals surface area contributed by atoms with Crippen LogP contribution in [0.25, 0.3) is 0 Å². The Bertz CT molecular complexity index is 10.3. The molecule has 0 unspecified atom stereocenters. The lowest BCUT2D eigenvalue weighted by Crippen LogP contribution is -2.07. The monoisotopic (exact) mass is 90.0 g/mol. The van der Waals surface area contributed by atoms with Gasteiger partial charge in [0.1, 0.15) is 0 Å². The molecule has 2 radical (unpaired) electrons. The highest BCUT2D eigenvalue weighted by Crippen LogP contribution is 1.40. The Morgan fingerprint density at radius 1 is 1.00 bits per heavy atom. The molecule has 6 heteroatoms. The molecule has 0 aliphatic heterocycles. The Balaban J connectivity index is 0. The lowest BCUT2D eigenvalue weighted by Gasteiger charge is -1.69. The molecule has 0 saturated heterocycles. The van der Waals surface area contributed by atoms with Crippen molar-refractivity contribution in [1.82, 2.24) is 0 Å². The molecule has 0 aromatic heterocycles. The van der Waals surface area contributed by atoms with Crippen molar-refractivity contribution < 1.29 is 20.1 Å². The maximum atomic E-state index is 7.17. The van der Waals surface area contributed by atoms with E-state index in [0.717, 1.165) is 0 Å². The Morgan fingerprint density at radius 2 is 1.00 bits per heavy atom. The Morgan fingerprint density at radius 3 is 1.00 bits per heavy atom. The molecule has 4 N–H and O–H groups in total. The predicted octanol–water partition coefficient (Wildman–Crippen LogP) is -2.99. The zero-order valence-corrected chi connectivity index (χ0v) is 2.94. The van der Waals surface area contributed by atoms with E-state index in [2.05, 4.69) is 8.05 Å². The van der Waals surface area contributed by atoms with Gasteiger partial charge in [-0.25, -0.2) is 0 Å². The standard InChI is InChI=1S/BH3O3.BHO/c2-1(3)4;1-2/h2-4H;2H. The van der Waals surface area contributed by atoms with Crippen LogP contribution in [-0.4, -0.2) is 35.5 Å². The SMILES string of the molecule is OB(O)O.[B]O. The van der Waals surface area contributed by atoms with Gasteiger partial charge in [0.25, 0.3) is 8.05 Å². The summed E-state index contributed by atoms with van der Waals surface area (Å²) in [6, 6.07) is 0. The molecule has 0 spiro atoms. The Hall–Kier alpha value is -0.0301. The summed E-state index contributed by atoms with van der Waals surface area (Å²) in [7, 11) is 1.33. The van der Waals surface area contributed by atoms with E-state index in [0.29, 0.717) is 0 Å². The molecule has 0 bridgehead atoms. The molecule has 6 heavy (non-hydrogen) atoms. The molecule has 34 valence electrons. The minimum Gasteiger partial charge on any atom is -0.461 e. The highest BCUT2D eigenvalue weighted by Gasteiger charge is 1.92. The van der Waals surface area contributed by atoms with E-state index in [9.17, 15) is 0 Å². The smallest absolute Gasteiger partial charge is 0.461 e. The molecular formula is H4B2O4. The first-order valence-electron chi connectivity index (χ1n) is 1.03. The second-order valence-electron chi connectivity index (χ2n) is 0.346. The summed E-state index contributed by atoms with van der Waals surface area (Å²) in [6.07, 6.45) is 0. The summed E-state index contributed by atoms with van der Waals surface area (Å²) in [5.74, 6) is 0. The van der Waals surface area contributed by atoms with Gasteiger partial charge in [-0.05, 0) is 0 Å². The maximum Gasteiger partial charge on any atom is 0.631 e. The van der Waals surface area contributed by atoms with Crippen LogP contribution >= 0.6 is 0 Å². The van der Waals surface area contributed by atoms with E-state index in [1.54, 1.807) is 0 Å². The van der Waals surface area contributed by atoms with E-state index in [4.69, 9.17) is 20.1 Å². The van der Waals surface area contributed by atoms with Gasteiger partial charge in [-0.2, -0.15) is 0 Å². The Kier molecular flexibility index (Phi) is 13.8. The number of hydrogen-bond acceptors (Lipinski definition) is 4. The Labute approximate surface area is 36.7 Å². The second kappa shape index (κ2) is 8.88. The maximum absolute atomic E-state index is 7.17. The van der Waals surface area contributed by atoms with Gasteiger partial charge in [0.15, 0.2) is 0 Å². The molecule has 0 aromatic rings. The van der Waals surface area contributed by atoms with Crippen LogP contribution in [0.5, 0.6) is 0 Å². The summed E-state index contributed by atoms with van der Waals surface area (Å²) in [4.78, 5) is 0. The number of rotatable bonds is 0. The third kappa shape index (κ3) is 38600. The van der Waals surface area contributed by atoms with Gasteiger partial charge in [0.2, 0.25) is 0 Å². The van der Waals surface area contributed by atoms with Crippen LogP contribution in [0, 0.1) is 0 Å². The van der Waals surface area contributed by atoms with Crippen molar-refractivity contribution in [2.24, 2.45) is 0 Å². The van der Waals surface area contributed by atoms with Crippen molar-refractivity contribution >= 4 is 15.4 Å². The molecule has 0 fully saturated rings. The lowest BCUT2D eigenvalue weighted by molar-refractivity contribution is 0.278. The molecule has 0 aliphatic rings. The molecule has 0 saturated carbocycles. The fraction of sp³-hybridized carbons (Fsp3) is 0. The van der Waals surface area contributed by atoms with Gasteiger partial charge in [-0.1, -0.05) is 0 Å². The first-order valence-corrected chi connectivity index (χ1v) is 1.03. The topological polar surface area (TPSA) is 80.9 Å². The van der Waals surface area contributed by atoms with E-state index in [1.165, 1.54) is 0 Å². The van der Waals surface area contributed by atoms with Crippen LogP contribution in [0.1, 0.15) is 0 Å². The van der Waals surface area contributed by atoms with Gasteiger partial charge in [0.05, 0.1) is 0 Å². The fourth-order valence-electron chi connectivity index (χ4n) is 0. The van der Waals surface area contributed by atoms with Crippen LogP contribution < -0.4 is 0 Å². The van der Waals surface area contributed by atoms with Crippen molar-refractivity contribution in [3.63, 3.8) is 0 Å². The molecule has 0 aliphatic carbocycles. The molecule has 4 nitrogen and oxygen atoms in total. The molecule has 0 rings (SSSR count). The van der Waals surface area contributed by atoms with Gasteiger partial charge < -0.3 is 20.1 Å². The van der Waals surface area contributed by atoms with E-state index in [1.807, 2.05) is 0 Å². The molecule has 0 atom stereocenters. The summed E-state index contributed by atoms with van der Waals surface area (Å²) in [6.45, 7) is 0. The fourth-order valence-corrected chi connectivity index (χ4v) is 0. The zero-order valence-electron chi connectivity index (χ0n) is 2.94. The summed E-state index contributed by atoms with van der Waals surface area (Å²) >= 11 is 0. The zero-order chi connectivity index (χ0) is 5.58. The van der Waals surface area contributed by atoms with Gasteiger partial charge in [-0.3, -0.25) is 0 Å². The predicted molar refractivity (Wildman–Crippen MR) is 20.4 cm³/mol. The van der Waals surface area contributed by atoms with Gasteiger partial charge in [0, 0.05) is 0 Å². The van der Waals surface area contributed by atoms with Crippen molar-refractivity contribution in [3.05, 3.63) is 0 Å². The average Bonchev–Trinajstić information content (AvgIpc) is 1.41. The first kappa shape index (κ1) is 9.36. The largest absolute Gasteiger partial charge is 0.631 e. The first-order chi connectivity index (χ1) is 2.73. The van der Waals surface area contributed by atoms with E-state index < -0.39 is 7.32 Å². The molecule has 0 amide bonds. The van der Waals surface area contributed by atoms with Crippen molar-refractivity contribution in [1.29, 1.82) is 0 Å². The van der Waals surface area contributed by atoms with Crippen LogP contribution in [0.4, 0.5) is 0 Å². The van der Waals surface area contributed by atoms with Crippen molar-refractivity contribution in [3.8, 4) is 0 Å². The van der Waals surface area contributed by atoms with E-state index >= 15 is 0 Å². The molecule has 0 aromatic carbocycles. The molecular weight excluding hydrogens is 85.6 g/mol. The molecule has 0 heterocycles. The highest BCUT2D eigenvalue weighted by atomic mass is 16.5. The van der Waals surface area contributed by atoms with Gasteiger partial charge >= 0.3 is 7.32 Å². The minimum atomic E-state index is -2.17. The summed E-state index contributed by atoms with van der Waals surface area (Å²) in [5.41, 5.74) is 0. The second-order valence-corrected chi connectivity index (χ2v) is 0.346. The summed E-state index contributed by atoms with van der Waals surface area (Å²) in [5, 5.41) is 28.0. The van der Waals surface area contributed by atoms with Crippen molar-refractivity contribution in [2.75, 3.05) is 0 Å². The van der Waals surface area contributed by atoms with E-state index in [-0.39, 0.29) is 0 Å². The average molecular weight is 89.7 g/mol. The third-order valence-electron chi connectivity index (χ3n) is 0. The minimum absolute atomic E-state index is 2.17. The van der Waals surface area contributed by atoms with Crippen LogP contribution in [-0.2, 0) is 0 Å². The quantitative estimate of drug-likeness (QED) is 0.239. The highest BCUT2D eigenvalue weighted by molar-refractivity contribution is 6.30. The van der Waals surface area contributed by atoms with Crippen LogP contribution in [0.15, 0.2) is 0 Å².